The first-order valence-electron chi connectivity index (χ1n) is 15.7. The quantitative estimate of drug-likeness (QED) is 0.238. The number of hydrogen-bond donors (Lipinski definition) is 0. The average Bonchev–Trinajstić information content (AvgIpc) is 3.69. The number of likely N-dealkylation sites (tertiary alicyclic amines) is 2. The molecule has 7 nitrogen and oxygen atoms in total. The van der Waals surface area contributed by atoms with E-state index < -0.39 is 23.9 Å². The number of benzene rings is 2. The van der Waals surface area contributed by atoms with Crippen LogP contribution >= 0.6 is 0 Å². The number of carbonyl (C=O) groups is 4. The van der Waals surface area contributed by atoms with Gasteiger partial charge in [-0.3, -0.25) is 14.4 Å². The Kier molecular flexibility index (Phi) is 11.3. The third-order valence-corrected chi connectivity index (χ3v) is 8.69. The van der Waals surface area contributed by atoms with E-state index >= 15 is 0 Å². The van der Waals surface area contributed by atoms with Crippen molar-refractivity contribution >= 4 is 23.6 Å². The predicted molar refractivity (Wildman–Crippen MR) is 167 cm³/mol. The molecule has 0 radical (unpaired) electrons. The second kappa shape index (κ2) is 15.1. The van der Waals surface area contributed by atoms with E-state index in [1.54, 1.807) is 9.80 Å². The summed E-state index contributed by atoms with van der Waals surface area (Å²) in [4.78, 5) is 57.3. The van der Waals surface area contributed by atoms with Gasteiger partial charge >= 0.3 is 5.97 Å². The molecule has 2 aliphatic heterocycles. The maximum absolute atomic E-state index is 13.9. The van der Waals surface area contributed by atoms with Gasteiger partial charge in [0.1, 0.15) is 12.6 Å². The molecule has 0 saturated carbocycles. The van der Waals surface area contributed by atoms with Crippen LogP contribution in [0.1, 0.15) is 64.5 Å². The topological polar surface area (TPSA) is 84.0 Å². The lowest BCUT2D eigenvalue weighted by atomic mass is 9.88. The van der Waals surface area contributed by atoms with Crippen LogP contribution in [-0.2, 0) is 36.9 Å². The van der Waals surface area contributed by atoms with Gasteiger partial charge < -0.3 is 14.5 Å². The zero-order valence-electron chi connectivity index (χ0n) is 26.0. The van der Waals surface area contributed by atoms with Crippen molar-refractivity contribution in [2.75, 3.05) is 13.1 Å². The monoisotopic (exact) mass is 586 g/mol. The van der Waals surface area contributed by atoms with Gasteiger partial charge in [-0.05, 0) is 48.6 Å². The number of nitrogens with zero attached hydrogens (tertiary/aromatic N) is 2. The fourth-order valence-electron chi connectivity index (χ4n) is 6.18. The molecule has 2 heterocycles. The van der Waals surface area contributed by atoms with Crippen molar-refractivity contribution in [1.82, 2.24) is 9.80 Å². The van der Waals surface area contributed by atoms with Gasteiger partial charge in [-0.15, -0.1) is 0 Å². The van der Waals surface area contributed by atoms with Gasteiger partial charge in [-0.2, -0.15) is 0 Å². The number of rotatable bonds is 12. The highest BCUT2D eigenvalue weighted by molar-refractivity contribution is 5.92. The van der Waals surface area contributed by atoms with E-state index in [4.69, 9.17) is 4.74 Å². The molecule has 0 aliphatic carbocycles. The maximum Gasteiger partial charge on any atom is 0.329 e. The lowest BCUT2D eigenvalue weighted by Crippen LogP contribution is -2.45. The molecule has 2 amide bonds. The lowest BCUT2D eigenvalue weighted by Gasteiger charge is -2.30. The Bertz CT molecular complexity index is 1270. The molecule has 0 N–H and O–H groups in total. The van der Waals surface area contributed by atoms with Crippen LogP contribution in [0.5, 0.6) is 0 Å². The summed E-state index contributed by atoms with van der Waals surface area (Å²) in [5.41, 5.74) is 1.86. The van der Waals surface area contributed by atoms with Crippen molar-refractivity contribution < 1.29 is 23.9 Å². The minimum absolute atomic E-state index is 0.00959. The number of esters is 1. The lowest BCUT2D eigenvalue weighted by molar-refractivity contribution is -0.155. The number of Topliss-reactive ketones (excluding diaryl/α,β-unsaturated/α-hetero) is 1. The standard InChI is InChI=1S/C36H46N2O5/c1-25(2)29(34(40)37-21-11-17-31(37)33(39)23-27-13-7-5-8-14-27)19-20-30(26(3)4)35(41)38-22-12-18-32(38)36(42)43-24-28-15-9-6-10-16-28/h5-10,13-16,19-20,25-26,29-32H,11-12,17-18,21-24H2,1-4H3/t29?,30?,31-,32-/m1/s1. The summed E-state index contributed by atoms with van der Waals surface area (Å²) in [7, 11) is 0. The van der Waals surface area contributed by atoms with E-state index in [9.17, 15) is 19.2 Å². The van der Waals surface area contributed by atoms with Crippen LogP contribution in [0.3, 0.4) is 0 Å². The summed E-state index contributed by atoms with van der Waals surface area (Å²) in [6.45, 7) is 9.20. The fraction of sp³-hybridized carbons (Fsp3) is 0.500. The molecule has 2 unspecified atom stereocenters. The summed E-state index contributed by atoms with van der Waals surface area (Å²) in [5, 5.41) is 0. The molecule has 230 valence electrons. The molecular formula is C36H46N2O5. The van der Waals surface area contributed by atoms with Crippen LogP contribution in [0.2, 0.25) is 0 Å². The number of amides is 2. The molecule has 2 aromatic rings. The van der Waals surface area contributed by atoms with Crippen LogP contribution in [0.15, 0.2) is 72.8 Å². The Morgan fingerprint density at radius 1 is 0.721 bits per heavy atom. The van der Waals surface area contributed by atoms with Crippen molar-refractivity contribution in [3.63, 3.8) is 0 Å². The van der Waals surface area contributed by atoms with Crippen molar-refractivity contribution in [3.8, 4) is 0 Å². The highest BCUT2D eigenvalue weighted by Crippen LogP contribution is 2.29. The predicted octanol–water partition coefficient (Wildman–Crippen LogP) is 5.62. The first-order chi connectivity index (χ1) is 20.7. The van der Waals surface area contributed by atoms with E-state index in [1.165, 1.54) is 0 Å². The molecule has 43 heavy (non-hydrogen) atoms. The third kappa shape index (κ3) is 8.21. The Balaban J connectivity index is 1.43. The van der Waals surface area contributed by atoms with E-state index in [2.05, 4.69) is 0 Å². The Hall–Kier alpha value is -3.74. The first-order valence-corrected chi connectivity index (χ1v) is 15.7. The summed E-state index contributed by atoms with van der Waals surface area (Å²) in [6, 6.07) is 18.1. The second-order valence-corrected chi connectivity index (χ2v) is 12.5. The average molecular weight is 587 g/mol. The molecule has 7 heteroatoms. The number of ether oxygens (including phenoxy) is 1. The Labute approximate surface area is 256 Å². The molecule has 0 bridgehead atoms. The van der Waals surface area contributed by atoms with Crippen LogP contribution in [0.25, 0.3) is 0 Å². The van der Waals surface area contributed by atoms with E-state index in [0.29, 0.717) is 32.4 Å². The van der Waals surface area contributed by atoms with Gasteiger partial charge in [-0.25, -0.2) is 4.79 Å². The van der Waals surface area contributed by atoms with E-state index in [0.717, 1.165) is 24.0 Å². The van der Waals surface area contributed by atoms with Crippen molar-refractivity contribution in [2.45, 2.75) is 78.5 Å². The molecule has 2 saturated heterocycles. The fourth-order valence-corrected chi connectivity index (χ4v) is 6.18. The van der Waals surface area contributed by atoms with Crippen molar-refractivity contribution in [2.24, 2.45) is 23.7 Å². The van der Waals surface area contributed by atoms with Gasteiger partial charge in [0.25, 0.3) is 0 Å². The molecule has 2 aromatic carbocycles. The van der Waals surface area contributed by atoms with Gasteiger partial charge in [0.15, 0.2) is 5.78 Å². The van der Waals surface area contributed by atoms with Gasteiger partial charge in [0.2, 0.25) is 11.8 Å². The molecule has 0 aromatic heterocycles. The molecule has 4 rings (SSSR count). The van der Waals surface area contributed by atoms with Gasteiger partial charge in [-0.1, -0.05) is 101 Å². The molecule has 0 spiro atoms. The highest BCUT2D eigenvalue weighted by Gasteiger charge is 2.40. The maximum atomic E-state index is 13.9. The molecule has 4 atom stereocenters. The van der Waals surface area contributed by atoms with Crippen LogP contribution < -0.4 is 0 Å². The summed E-state index contributed by atoms with van der Waals surface area (Å²) in [5.74, 6) is -1.46. The summed E-state index contributed by atoms with van der Waals surface area (Å²) in [6.07, 6.45) is 6.83. The van der Waals surface area contributed by atoms with E-state index in [-0.39, 0.29) is 42.0 Å². The van der Waals surface area contributed by atoms with Crippen molar-refractivity contribution in [3.05, 3.63) is 83.9 Å². The second-order valence-electron chi connectivity index (χ2n) is 12.5. The normalized spacial score (nSPS) is 20.1. The molecule has 2 fully saturated rings. The van der Waals surface area contributed by atoms with E-state index in [1.807, 2.05) is 101 Å². The van der Waals surface area contributed by atoms with Crippen LogP contribution in [-0.4, -0.2) is 58.5 Å². The number of carbonyl (C=O) groups excluding carboxylic acids is 4. The number of ketones is 1. The van der Waals surface area contributed by atoms with Gasteiger partial charge in [0.05, 0.1) is 17.9 Å². The SMILES string of the molecule is CC(C)C(C=CC(C(=O)N1CCC[C@@H]1C(=O)OCc1ccccc1)C(C)C)C(=O)N1CCC[C@@H]1C(=O)Cc1ccccc1. The summed E-state index contributed by atoms with van der Waals surface area (Å²) >= 11 is 0. The summed E-state index contributed by atoms with van der Waals surface area (Å²) < 4.78 is 5.59. The molecular weight excluding hydrogens is 540 g/mol. The Morgan fingerprint density at radius 3 is 1.70 bits per heavy atom. The van der Waals surface area contributed by atoms with Crippen molar-refractivity contribution in [1.29, 1.82) is 0 Å². The largest absolute Gasteiger partial charge is 0.459 e. The Morgan fingerprint density at radius 2 is 1.19 bits per heavy atom. The third-order valence-electron chi connectivity index (χ3n) is 8.69. The molecule has 2 aliphatic rings. The first kappa shape index (κ1) is 32.2. The van der Waals surface area contributed by atoms with Crippen LogP contribution in [0.4, 0.5) is 0 Å². The zero-order chi connectivity index (χ0) is 30.9. The minimum Gasteiger partial charge on any atom is -0.459 e. The number of hydrogen-bond acceptors (Lipinski definition) is 5. The smallest absolute Gasteiger partial charge is 0.329 e. The van der Waals surface area contributed by atoms with Crippen LogP contribution in [0, 0.1) is 23.7 Å². The van der Waals surface area contributed by atoms with Gasteiger partial charge in [0, 0.05) is 19.5 Å². The highest BCUT2D eigenvalue weighted by atomic mass is 16.5. The minimum atomic E-state index is -0.602. The zero-order valence-corrected chi connectivity index (χ0v) is 26.0.